The van der Waals surface area contributed by atoms with Gasteiger partial charge in [-0.15, -0.1) is 11.3 Å². The van der Waals surface area contributed by atoms with Gasteiger partial charge in [-0.05, 0) is 56.4 Å². The first-order chi connectivity index (χ1) is 13.4. The molecule has 2 atom stereocenters. The fourth-order valence-corrected chi connectivity index (χ4v) is 4.26. The van der Waals surface area contributed by atoms with Crippen LogP contribution in [0.5, 0.6) is 0 Å². The Hall–Kier alpha value is -2.47. The number of hydrogen-bond donors (Lipinski definition) is 1. The number of amides is 1. The maximum absolute atomic E-state index is 12.5. The molecule has 1 aliphatic rings. The summed E-state index contributed by atoms with van der Waals surface area (Å²) in [7, 11) is 0. The van der Waals surface area contributed by atoms with Crippen LogP contribution in [0.4, 0.5) is 0 Å². The number of carbonyl (C=O) groups excluding carboxylic acids is 3. The van der Waals surface area contributed by atoms with Crippen molar-refractivity contribution in [1.82, 2.24) is 5.32 Å². The fraction of sp³-hybridized carbons (Fsp3) is 0.409. The average Bonchev–Trinajstić information content (AvgIpc) is 3.13. The maximum atomic E-state index is 12.5. The van der Waals surface area contributed by atoms with E-state index in [1.807, 2.05) is 31.2 Å². The van der Waals surface area contributed by atoms with Gasteiger partial charge in [-0.3, -0.25) is 14.4 Å². The number of ketones is 1. The lowest BCUT2D eigenvalue weighted by Gasteiger charge is -2.27. The van der Waals surface area contributed by atoms with Crippen LogP contribution in [0.1, 0.15) is 64.3 Å². The van der Waals surface area contributed by atoms with E-state index in [9.17, 15) is 14.4 Å². The van der Waals surface area contributed by atoms with Crippen molar-refractivity contribution in [2.75, 3.05) is 0 Å². The van der Waals surface area contributed by atoms with E-state index in [0.717, 1.165) is 29.7 Å². The number of hydrogen-bond acceptors (Lipinski definition) is 5. The minimum Gasteiger partial charge on any atom is -0.453 e. The molecule has 1 heterocycles. The zero-order valence-corrected chi connectivity index (χ0v) is 17.0. The number of aryl methyl sites for hydroxylation is 2. The van der Waals surface area contributed by atoms with Crippen LogP contribution in [0.2, 0.25) is 0 Å². The fourth-order valence-electron chi connectivity index (χ4n) is 3.43. The van der Waals surface area contributed by atoms with Crippen molar-refractivity contribution < 1.29 is 19.1 Å². The van der Waals surface area contributed by atoms with Gasteiger partial charge in [-0.1, -0.05) is 24.3 Å². The zero-order valence-electron chi connectivity index (χ0n) is 16.2. The Morgan fingerprint density at radius 2 is 1.96 bits per heavy atom. The molecule has 0 aliphatic heterocycles. The van der Waals surface area contributed by atoms with Crippen molar-refractivity contribution in [3.63, 3.8) is 0 Å². The highest BCUT2D eigenvalue weighted by Crippen LogP contribution is 2.29. The van der Waals surface area contributed by atoms with E-state index < -0.39 is 12.1 Å². The van der Waals surface area contributed by atoms with Crippen LogP contribution in [0, 0.1) is 6.92 Å². The Kier molecular flexibility index (Phi) is 6.62. The number of nitrogens with one attached hydrogen (secondary N) is 1. The van der Waals surface area contributed by atoms with Crippen LogP contribution in [-0.4, -0.2) is 23.8 Å². The van der Waals surface area contributed by atoms with Gasteiger partial charge in [0.15, 0.2) is 11.9 Å². The summed E-state index contributed by atoms with van der Waals surface area (Å²) in [5, 5.41) is 2.99. The Labute approximate surface area is 169 Å². The largest absolute Gasteiger partial charge is 0.453 e. The van der Waals surface area contributed by atoms with Crippen LogP contribution < -0.4 is 5.32 Å². The van der Waals surface area contributed by atoms with Gasteiger partial charge in [0.25, 0.3) is 5.91 Å². The van der Waals surface area contributed by atoms with Crippen molar-refractivity contribution in [3.05, 3.63) is 57.3 Å². The lowest BCUT2D eigenvalue weighted by molar-refractivity contribution is -0.155. The predicted molar refractivity (Wildman–Crippen MR) is 108 cm³/mol. The lowest BCUT2D eigenvalue weighted by atomic mass is 9.87. The van der Waals surface area contributed by atoms with Crippen molar-refractivity contribution in [2.45, 2.75) is 58.1 Å². The van der Waals surface area contributed by atoms with Gasteiger partial charge in [0, 0.05) is 11.3 Å². The van der Waals surface area contributed by atoms with Gasteiger partial charge in [-0.25, -0.2) is 0 Å². The van der Waals surface area contributed by atoms with E-state index in [-0.39, 0.29) is 30.6 Å². The second-order valence-corrected chi connectivity index (χ2v) is 8.41. The molecule has 1 aromatic heterocycles. The Bertz CT molecular complexity index is 873. The molecule has 0 saturated carbocycles. The van der Waals surface area contributed by atoms with Crippen LogP contribution in [-0.2, 0) is 20.7 Å². The van der Waals surface area contributed by atoms with Gasteiger partial charge in [0.05, 0.1) is 17.3 Å². The maximum Gasteiger partial charge on any atom is 0.307 e. The highest BCUT2D eigenvalue weighted by Gasteiger charge is 2.25. The Morgan fingerprint density at radius 3 is 2.71 bits per heavy atom. The standard InChI is InChI=1S/C22H25NO4S/c1-14-10-12-20(28-14)19(24)11-13-21(25)27-15(2)22(26)23-18-9-5-7-16-6-3-4-8-17(16)18/h3-4,6,8,10,12,15,18H,5,7,9,11,13H2,1-2H3,(H,23,26)/t15-,18-/m1/s1. The predicted octanol–water partition coefficient (Wildman–Crippen LogP) is 4.14. The van der Waals surface area contributed by atoms with Gasteiger partial charge in [0.1, 0.15) is 0 Å². The van der Waals surface area contributed by atoms with Crippen molar-refractivity contribution in [1.29, 1.82) is 0 Å². The van der Waals surface area contributed by atoms with Gasteiger partial charge < -0.3 is 10.1 Å². The van der Waals surface area contributed by atoms with E-state index in [4.69, 9.17) is 4.74 Å². The summed E-state index contributed by atoms with van der Waals surface area (Å²) in [6.07, 6.45) is 2.08. The molecule has 0 fully saturated rings. The monoisotopic (exact) mass is 399 g/mol. The van der Waals surface area contributed by atoms with E-state index in [0.29, 0.717) is 4.88 Å². The molecule has 3 rings (SSSR count). The number of thiophene rings is 1. The molecule has 0 radical (unpaired) electrons. The summed E-state index contributed by atoms with van der Waals surface area (Å²) < 4.78 is 5.23. The summed E-state index contributed by atoms with van der Waals surface area (Å²) >= 11 is 1.41. The van der Waals surface area contributed by atoms with E-state index in [2.05, 4.69) is 11.4 Å². The SMILES string of the molecule is Cc1ccc(C(=O)CCC(=O)O[C@H](C)C(=O)N[C@@H]2CCCc3ccccc32)s1. The molecule has 148 valence electrons. The topological polar surface area (TPSA) is 72.5 Å². The van der Waals surface area contributed by atoms with E-state index in [1.165, 1.54) is 16.9 Å². The molecule has 1 aromatic carbocycles. The summed E-state index contributed by atoms with van der Waals surface area (Å²) in [5.41, 5.74) is 2.39. The smallest absolute Gasteiger partial charge is 0.307 e. The normalized spacial score (nSPS) is 16.7. The third-order valence-corrected chi connectivity index (χ3v) is 5.98. The molecule has 0 unspecified atom stereocenters. The third-order valence-electron chi connectivity index (χ3n) is 4.93. The molecular formula is C22H25NO4S. The number of rotatable bonds is 7. The molecule has 5 nitrogen and oxygen atoms in total. The average molecular weight is 400 g/mol. The lowest BCUT2D eigenvalue weighted by Crippen LogP contribution is -2.39. The Balaban J connectivity index is 1.48. The minimum absolute atomic E-state index is 0.0281. The number of Topliss-reactive ketones (excluding diaryl/α,β-unsaturated/α-hetero) is 1. The molecule has 1 N–H and O–H groups in total. The quantitative estimate of drug-likeness (QED) is 0.561. The van der Waals surface area contributed by atoms with Crippen molar-refractivity contribution in [2.24, 2.45) is 0 Å². The molecule has 0 spiro atoms. The summed E-state index contributed by atoms with van der Waals surface area (Å²) in [5.74, 6) is -0.922. The van der Waals surface area contributed by atoms with Crippen LogP contribution in [0.25, 0.3) is 0 Å². The summed E-state index contributed by atoms with van der Waals surface area (Å²) in [4.78, 5) is 38.3. The van der Waals surface area contributed by atoms with Crippen LogP contribution >= 0.6 is 11.3 Å². The van der Waals surface area contributed by atoms with Gasteiger partial charge >= 0.3 is 5.97 Å². The van der Waals surface area contributed by atoms with Crippen molar-refractivity contribution in [3.8, 4) is 0 Å². The van der Waals surface area contributed by atoms with E-state index in [1.54, 1.807) is 13.0 Å². The first-order valence-corrected chi connectivity index (χ1v) is 10.4. The molecule has 1 aliphatic carbocycles. The highest BCUT2D eigenvalue weighted by molar-refractivity contribution is 7.14. The second kappa shape index (κ2) is 9.15. The first kappa shape index (κ1) is 20.3. The summed E-state index contributed by atoms with van der Waals surface area (Å²) in [6, 6.07) is 11.7. The number of esters is 1. The highest BCUT2D eigenvalue weighted by atomic mass is 32.1. The van der Waals surface area contributed by atoms with Gasteiger partial charge in [-0.2, -0.15) is 0 Å². The number of benzene rings is 1. The number of ether oxygens (including phenoxy) is 1. The second-order valence-electron chi connectivity index (χ2n) is 7.12. The molecule has 28 heavy (non-hydrogen) atoms. The number of fused-ring (bicyclic) bond motifs is 1. The first-order valence-electron chi connectivity index (χ1n) is 9.61. The molecule has 6 heteroatoms. The Morgan fingerprint density at radius 1 is 1.18 bits per heavy atom. The zero-order chi connectivity index (χ0) is 20.1. The van der Waals surface area contributed by atoms with Crippen LogP contribution in [0.3, 0.4) is 0 Å². The van der Waals surface area contributed by atoms with Gasteiger partial charge in [0.2, 0.25) is 0 Å². The molecule has 0 saturated heterocycles. The van der Waals surface area contributed by atoms with Crippen molar-refractivity contribution >= 4 is 29.0 Å². The minimum atomic E-state index is -0.888. The molecule has 2 aromatic rings. The third kappa shape index (κ3) is 5.07. The molecule has 1 amide bonds. The molecular weight excluding hydrogens is 374 g/mol. The van der Waals surface area contributed by atoms with E-state index >= 15 is 0 Å². The summed E-state index contributed by atoms with van der Waals surface area (Å²) in [6.45, 7) is 3.49. The van der Waals surface area contributed by atoms with Crippen LogP contribution in [0.15, 0.2) is 36.4 Å². The molecule has 0 bridgehead atoms. The number of carbonyl (C=O) groups is 3.